The summed E-state index contributed by atoms with van der Waals surface area (Å²) in [6.45, 7) is 2.72. The molecule has 3 aromatic rings. The maximum absolute atomic E-state index is 14.3. The first-order valence-electron chi connectivity index (χ1n) is 8.67. The third-order valence-corrected chi connectivity index (χ3v) is 4.66. The van der Waals surface area contributed by atoms with Gasteiger partial charge >= 0.3 is 6.18 Å². The molecule has 0 radical (unpaired) electrons. The molecule has 0 atom stereocenters. The largest absolute Gasteiger partial charge is 0.434 e. The lowest BCUT2D eigenvalue weighted by Crippen LogP contribution is -2.36. The molecule has 154 valence electrons. The third-order valence-electron chi connectivity index (χ3n) is 3.81. The molecule has 3 rings (SSSR count). The van der Waals surface area contributed by atoms with E-state index in [9.17, 15) is 17.6 Å². The lowest BCUT2D eigenvalue weighted by Gasteiger charge is -2.10. The SMILES string of the molecule is CCNC(=NCc1ccc(-n2ccnc2)c(F)c1)NCc1nc(C(F)(F)F)cs1. The Bertz CT molecular complexity index is 965. The summed E-state index contributed by atoms with van der Waals surface area (Å²) in [6, 6.07) is 4.77. The molecule has 0 aliphatic carbocycles. The van der Waals surface area contributed by atoms with Crippen LogP contribution in [0.5, 0.6) is 0 Å². The number of alkyl halides is 3. The molecule has 0 aliphatic heterocycles. The highest BCUT2D eigenvalue weighted by atomic mass is 32.1. The molecule has 0 aliphatic rings. The lowest BCUT2D eigenvalue weighted by molar-refractivity contribution is -0.140. The van der Waals surface area contributed by atoms with Gasteiger partial charge < -0.3 is 15.2 Å². The van der Waals surface area contributed by atoms with Gasteiger partial charge in [-0.15, -0.1) is 11.3 Å². The molecular formula is C18H18F4N6S. The van der Waals surface area contributed by atoms with Gasteiger partial charge in [0.1, 0.15) is 10.8 Å². The van der Waals surface area contributed by atoms with Crippen LogP contribution in [-0.4, -0.2) is 27.0 Å². The number of aromatic nitrogens is 3. The normalized spacial score (nSPS) is 12.2. The van der Waals surface area contributed by atoms with Gasteiger partial charge in [0.05, 0.1) is 25.1 Å². The van der Waals surface area contributed by atoms with Crippen LogP contribution >= 0.6 is 11.3 Å². The number of nitrogens with one attached hydrogen (secondary N) is 2. The predicted octanol–water partition coefficient (Wildman–Crippen LogP) is 3.74. The first kappa shape index (κ1) is 20.8. The summed E-state index contributed by atoms with van der Waals surface area (Å²) in [6.07, 6.45) is 0.255. The van der Waals surface area contributed by atoms with Gasteiger partial charge in [0.25, 0.3) is 0 Å². The van der Waals surface area contributed by atoms with Crippen molar-refractivity contribution < 1.29 is 17.6 Å². The van der Waals surface area contributed by atoms with Gasteiger partial charge in [-0.05, 0) is 24.6 Å². The Morgan fingerprint density at radius 2 is 2.10 bits per heavy atom. The number of hydrogen-bond donors (Lipinski definition) is 2. The molecule has 0 saturated carbocycles. The number of aliphatic imine (C=N–C) groups is 1. The van der Waals surface area contributed by atoms with E-state index >= 15 is 0 Å². The van der Waals surface area contributed by atoms with E-state index < -0.39 is 17.7 Å². The van der Waals surface area contributed by atoms with E-state index in [4.69, 9.17) is 0 Å². The number of benzene rings is 1. The van der Waals surface area contributed by atoms with Crippen molar-refractivity contribution in [2.24, 2.45) is 4.99 Å². The van der Waals surface area contributed by atoms with Crippen molar-refractivity contribution in [3.63, 3.8) is 0 Å². The first-order chi connectivity index (χ1) is 13.9. The quantitative estimate of drug-likeness (QED) is 0.358. The van der Waals surface area contributed by atoms with Gasteiger partial charge in [-0.25, -0.2) is 19.4 Å². The number of thiazole rings is 1. The van der Waals surface area contributed by atoms with Crippen LogP contribution in [0.25, 0.3) is 5.69 Å². The van der Waals surface area contributed by atoms with Crippen molar-refractivity contribution >= 4 is 17.3 Å². The molecule has 2 N–H and O–H groups in total. The van der Waals surface area contributed by atoms with Crippen molar-refractivity contribution in [2.45, 2.75) is 26.2 Å². The topological polar surface area (TPSA) is 67.1 Å². The molecule has 2 aromatic heterocycles. The molecule has 0 amide bonds. The molecule has 1 aromatic carbocycles. The minimum atomic E-state index is -4.46. The summed E-state index contributed by atoms with van der Waals surface area (Å²) < 4.78 is 53.8. The maximum atomic E-state index is 14.3. The van der Waals surface area contributed by atoms with Crippen LogP contribution in [0.1, 0.15) is 23.2 Å². The summed E-state index contributed by atoms with van der Waals surface area (Å²) in [4.78, 5) is 11.8. The molecule has 11 heteroatoms. The van der Waals surface area contributed by atoms with E-state index in [1.165, 1.54) is 12.4 Å². The van der Waals surface area contributed by atoms with Crippen LogP contribution in [0, 0.1) is 5.82 Å². The third kappa shape index (κ3) is 5.53. The molecule has 6 nitrogen and oxygen atoms in total. The zero-order valence-electron chi connectivity index (χ0n) is 15.4. The Morgan fingerprint density at radius 1 is 1.28 bits per heavy atom. The monoisotopic (exact) mass is 426 g/mol. The van der Waals surface area contributed by atoms with Crippen molar-refractivity contribution in [3.05, 3.63) is 64.4 Å². The van der Waals surface area contributed by atoms with Gasteiger partial charge in [0.15, 0.2) is 11.7 Å². The van der Waals surface area contributed by atoms with Gasteiger partial charge in [0, 0.05) is 24.3 Å². The van der Waals surface area contributed by atoms with Crippen molar-refractivity contribution in [2.75, 3.05) is 6.54 Å². The second kappa shape index (κ2) is 9.03. The Morgan fingerprint density at radius 3 is 2.72 bits per heavy atom. The minimum Gasteiger partial charge on any atom is -0.357 e. The number of halogens is 4. The Kier molecular flexibility index (Phi) is 6.47. The number of rotatable bonds is 6. The van der Waals surface area contributed by atoms with Crippen LogP contribution in [0.3, 0.4) is 0 Å². The highest BCUT2D eigenvalue weighted by Gasteiger charge is 2.33. The van der Waals surface area contributed by atoms with Crippen LogP contribution < -0.4 is 10.6 Å². The highest BCUT2D eigenvalue weighted by molar-refractivity contribution is 7.09. The molecule has 0 fully saturated rings. The average molecular weight is 426 g/mol. The first-order valence-corrected chi connectivity index (χ1v) is 9.55. The van der Waals surface area contributed by atoms with E-state index in [0.29, 0.717) is 28.8 Å². The smallest absolute Gasteiger partial charge is 0.357 e. The van der Waals surface area contributed by atoms with E-state index in [1.807, 2.05) is 6.92 Å². The van der Waals surface area contributed by atoms with Crippen LogP contribution in [0.4, 0.5) is 17.6 Å². The fraction of sp³-hybridized carbons (Fsp3) is 0.278. The Hall–Kier alpha value is -2.95. The lowest BCUT2D eigenvalue weighted by atomic mass is 10.2. The molecule has 29 heavy (non-hydrogen) atoms. The van der Waals surface area contributed by atoms with Gasteiger partial charge in [-0.1, -0.05) is 6.07 Å². The second-order valence-electron chi connectivity index (χ2n) is 5.93. The van der Waals surface area contributed by atoms with Gasteiger partial charge in [-0.3, -0.25) is 0 Å². The summed E-state index contributed by atoms with van der Waals surface area (Å²) in [7, 11) is 0. The molecule has 0 saturated heterocycles. The fourth-order valence-electron chi connectivity index (χ4n) is 2.45. The van der Waals surface area contributed by atoms with E-state index in [-0.39, 0.29) is 13.1 Å². The number of nitrogens with zero attached hydrogens (tertiary/aromatic N) is 4. The molecule has 0 bridgehead atoms. The van der Waals surface area contributed by atoms with Crippen LogP contribution in [0.2, 0.25) is 0 Å². The molecule has 0 spiro atoms. The molecule has 0 unspecified atom stereocenters. The summed E-state index contributed by atoms with van der Waals surface area (Å²) >= 11 is 0.920. The second-order valence-corrected chi connectivity index (χ2v) is 6.87. The van der Waals surface area contributed by atoms with Crippen molar-refractivity contribution in [3.8, 4) is 5.69 Å². The zero-order valence-corrected chi connectivity index (χ0v) is 16.2. The zero-order chi connectivity index (χ0) is 20.9. The summed E-state index contributed by atoms with van der Waals surface area (Å²) in [5, 5.41) is 7.20. The summed E-state index contributed by atoms with van der Waals surface area (Å²) in [5.41, 5.74) is 0.122. The number of guanidine groups is 1. The highest BCUT2D eigenvalue weighted by Crippen LogP contribution is 2.29. The van der Waals surface area contributed by atoms with Crippen molar-refractivity contribution in [1.82, 2.24) is 25.2 Å². The maximum Gasteiger partial charge on any atom is 0.434 e. The van der Waals surface area contributed by atoms with Gasteiger partial charge in [0.2, 0.25) is 0 Å². The van der Waals surface area contributed by atoms with E-state index in [1.54, 1.807) is 29.1 Å². The fourth-order valence-corrected chi connectivity index (χ4v) is 3.19. The van der Waals surface area contributed by atoms with Crippen molar-refractivity contribution in [1.29, 1.82) is 0 Å². The average Bonchev–Trinajstić information content (AvgIpc) is 3.35. The Labute approximate surface area is 168 Å². The number of imidazole rings is 1. The van der Waals surface area contributed by atoms with Gasteiger partial charge in [-0.2, -0.15) is 13.2 Å². The van der Waals surface area contributed by atoms with E-state index in [2.05, 4.69) is 25.6 Å². The minimum absolute atomic E-state index is 0.0977. The standard InChI is InChI=1S/C18H18F4N6S/c1-2-24-17(26-9-16-27-15(10-29-16)18(20,21)22)25-8-12-3-4-14(13(19)7-12)28-6-5-23-11-28/h3-7,10-11H,2,8-9H2,1H3,(H2,24,25,26). The number of hydrogen-bond acceptors (Lipinski definition) is 4. The van der Waals surface area contributed by atoms with Crippen LogP contribution in [-0.2, 0) is 19.3 Å². The summed E-state index contributed by atoms with van der Waals surface area (Å²) in [5.74, 6) is -0.00789. The molecular weight excluding hydrogens is 408 g/mol. The predicted molar refractivity (Wildman–Crippen MR) is 102 cm³/mol. The van der Waals surface area contributed by atoms with Crippen LogP contribution in [0.15, 0.2) is 47.3 Å². The van der Waals surface area contributed by atoms with E-state index in [0.717, 1.165) is 16.7 Å². The Balaban J connectivity index is 1.64. The molecule has 2 heterocycles.